The molecule has 2 saturated heterocycles. The van der Waals surface area contributed by atoms with Crippen LogP contribution in [-0.2, 0) is 11.2 Å². The second-order valence-electron chi connectivity index (χ2n) is 9.68. The SMILES string of the molecule is CCCC(Oc1ccc(NC(=O)c2nc(N3CCC4(COC4)C3)oc2CC(F)(F)F)cc1F)C(C)(F)F. The first-order valence-corrected chi connectivity index (χ1v) is 11.8. The van der Waals surface area contributed by atoms with Gasteiger partial charge in [0.15, 0.2) is 23.4 Å². The Balaban J connectivity index is 1.51. The normalized spacial score (nSPS) is 18.1. The van der Waals surface area contributed by atoms with Crippen molar-refractivity contribution in [3.63, 3.8) is 0 Å². The zero-order valence-corrected chi connectivity index (χ0v) is 20.3. The monoisotopic (exact) mass is 535 g/mol. The number of carbonyl (C=O) groups excluding carboxylic acids is 1. The highest BCUT2D eigenvalue weighted by atomic mass is 19.4. The van der Waals surface area contributed by atoms with Gasteiger partial charge in [-0.15, -0.1) is 0 Å². The fourth-order valence-electron chi connectivity index (χ4n) is 4.37. The van der Waals surface area contributed by atoms with Crippen molar-refractivity contribution in [2.75, 3.05) is 36.5 Å². The van der Waals surface area contributed by atoms with Crippen LogP contribution in [0.4, 0.5) is 38.0 Å². The molecule has 0 saturated carbocycles. The Morgan fingerprint density at radius 1 is 1.27 bits per heavy atom. The van der Waals surface area contributed by atoms with Crippen LogP contribution in [0, 0.1) is 11.2 Å². The van der Waals surface area contributed by atoms with Gasteiger partial charge in [0.2, 0.25) is 0 Å². The Morgan fingerprint density at radius 2 is 2.00 bits per heavy atom. The third kappa shape index (κ3) is 6.31. The lowest BCUT2D eigenvalue weighted by atomic mass is 9.85. The fraction of sp³-hybridized carbons (Fsp3) is 0.583. The van der Waals surface area contributed by atoms with Crippen molar-refractivity contribution in [2.24, 2.45) is 5.41 Å². The van der Waals surface area contributed by atoms with Crippen molar-refractivity contribution in [1.82, 2.24) is 4.98 Å². The zero-order chi connectivity index (χ0) is 27.0. The van der Waals surface area contributed by atoms with Gasteiger partial charge in [0, 0.05) is 37.2 Å². The molecule has 7 nitrogen and oxygen atoms in total. The number of hydrogen-bond acceptors (Lipinski definition) is 6. The third-order valence-electron chi connectivity index (χ3n) is 6.36. The molecule has 1 aromatic carbocycles. The number of nitrogens with zero attached hydrogens (tertiary/aromatic N) is 2. The van der Waals surface area contributed by atoms with Crippen LogP contribution in [0.1, 0.15) is 49.4 Å². The molecule has 1 aromatic heterocycles. The molecule has 37 heavy (non-hydrogen) atoms. The molecule has 0 radical (unpaired) electrons. The molecule has 1 amide bonds. The lowest BCUT2D eigenvalue weighted by Gasteiger charge is -2.37. The highest BCUT2D eigenvalue weighted by Gasteiger charge is 2.46. The third-order valence-corrected chi connectivity index (χ3v) is 6.36. The van der Waals surface area contributed by atoms with Crippen LogP contribution in [0.25, 0.3) is 0 Å². The second-order valence-corrected chi connectivity index (χ2v) is 9.68. The molecule has 2 aliphatic rings. The van der Waals surface area contributed by atoms with Gasteiger partial charge in [0.05, 0.1) is 13.2 Å². The van der Waals surface area contributed by atoms with E-state index in [9.17, 15) is 31.1 Å². The second kappa shape index (κ2) is 10.1. The first-order chi connectivity index (χ1) is 17.3. The van der Waals surface area contributed by atoms with Crippen LogP contribution in [0.5, 0.6) is 5.75 Å². The Bertz CT molecular complexity index is 1130. The van der Waals surface area contributed by atoms with Crippen LogP contribution < -0.4 is 15.0 Å². The highest BCUT2D eigenvalue weighted by molar-refractivity contribution is 6.03. The average Bonchev–Trinajstić information content (AvgIpc) is 3.38. The first-order valence-electron chi connectivity index (χ1n) is 11.8. The Morgan fingerprint density at radius 3 is 2.54 bits per heavy atom. The van der Waals surface area contributed by atoms with Gasteiger partial charge in [0.25, 0.3) is 17.8 Å². The van der Waals surface area contributed by atoms with Crippen LogP contribution in [0.15, 0.2) is 22.6 Å². The average molecular weight is 535 g/mol. The lowest BCUT2D eigenvalue weighted by Crippen LogP contribution is -2.44. The Kier molecular flexibility index (Phi) is 7.37. The van der Waals surface area contributed by atoms with Crippen molar-refractivity contribution in [2.45, 2.75) is 57.7 Å². The van der Waals surface area contributed by atoms with Crippen molar-refractivity contribution >= 4 is 17.6 Å². The van der Waals surface area contributed by atoms with Crippen molar-refractivity contribution in [3.05, 3.63) is 35.5 Å². The number of nitrogens with one attached hydrogen (secondary N) is 1. The fourth-order valence-corrected chi connectivity index (χ4v) is 4.37. The number of hydrogen-bond donors (Lipinski definition) is 1. The van der Waals surface area contributed by atoms with E-state index in [4.69, 9.17) is 13.9 Å². The smallest absolute Gasteiger partial charge is 0.396 e. The maximum absolute atomic E-state index is 14.6. The molecule has 1 N–H and O–H groups in total. The minimum absolute atomic E-state index is 0.0108. The Hall–Kier alpha value is -2.96. The number of carbonyl (C=O) groups is 1. The summed E-state index contributed by atoms with van der Waals surface area (Å²) in [4.78, 5) is 18.5. The number of halogens is 6. The summed E-state index contributed by atoms with van der Waals surface area (Å²) in [7, 11) is 0. The minimum Gasteiger partial charge on any atom is -0.481 e. The highest BCUT2D eigenvalue weighted by Crippen LogP contribution is 2.40. The molecular weight excluding hydrogens is 508 g/mol. The van der Waals surface area contributed by atoms with E-state index >= 15 is 0 Å². The largest absolute Gasteiger partial charge is 0.481 e. The van der Waals surface area contributed by atoms with E-state index in [-0.39, 0.29) is 23.5 Å². The summed E-state index contributed by atoms with van der Waals surface area (Å²) in [5.41, 5.74) is -0.799. The van der Waals surface area contributed by atoms with Crippen LogP contribution in [0.2, 0.25) is 0 Å². The molecular formula is C24H27F6N3O4. The van der Waals surface area contributed by atoms with E-state index in [1.54, 1.807) is 11.8 Å². The number of anilines is 2. The van der Waals surface area contributed by atoms with Crippen molar-refractivity contribution < 1.29 is 45.0 Å². The molecule has 1 unspecified atom stereocenters. The summed E-state index contributed by atoms with van der Waals surface area (Å²) >= 11 is 0. The van der Waals surface area contributed by atoms with Gasteiger partial charge in [-0.2, -0.15) is 18.2 Å². The van der Waals surface area contributed by atoms with E-state index in [1.807, 2.05) is 0 Å². The summed E-state index contributed by atoms with van der Waals surface area (Å²) in [6, 6.07) is 2.98. The molecule has 4 rings (SSSR count). The van der Waals surface area contributed by atoms with Crippen molar-refractivity contribution in [3.8, 4) is 5.75 Å². The maximum Gasteiger partial charge on any atom is 0.396 e. The predicted octanol–water partition coefficient (Wildman–Crippen LogP) is 5.60. The summed E-state index contributed by atoms with van der Waals surface area (Å²) in [5.74, 6) is -6.38. The number of amides is 1. The van der Waals surface area contributed by atoms with Gasteiger partial charge >= 0.3 is 6.18 Å². The number of ether oxygens (including phenoxy) is 2. The van der Waals surface area contributed by atoms with E-state index < -0.39 is 53.6 Å². The van der Waals surface area contributed by atoms with Crippen LogP contribution >= 0.6 is 0 Å². The summed E-state index contributed by atoms with van der Waals surface area (Å²) in [5, 5.41) is 2.29. The van der Waals surface area contributed by atoms with Gasteiger partial charge in [-0.3, -0.25) is 4.79 Å². The quantitative estimate of drug-likeness (QED) is 0.422. The number of alkyl halides is 5. The van der Waals surface area contributed by atoms with Crippen LogP contribution in [0.3, 0.4) is 0 Å². The zero-order valence-electron chi connectivity index (χ0n) is 20.3. The first kappa shape index (κ1) is 27.1. The molecule has 0 aliphatic carbocycles. The summed E-state index contributed by atoms with van der Waals surface area (Å²) in [6.45, 7) is 4.39. The maximum atomic E-state index is 14.6. The van der Waals surface area contributed by atoms with Gasteiger partial charge in [-0.1, -0.05) is 13.3 Å². The molecule has 1 spiro atoms. The number of benzene rings is 1. The summed E-state index contributed by atoms with van der Waals surface area (Å²) in [6.07, 6.45) is -6.61. The minimum atomic E-state index is -4.67. The van der Waals surface area contributed by atoms with E-state index in [0.717, 1.165) is 18.6 Å². The van der Waals surface area contributed by atoms with E-state index in [0.29, 0.717) is 39.6 Å². The summed E-state index contributed by atoms with van der Waals surface area (Å²) < 4.78 is 97.3. The van der Waals surface area contributed by atoms with Crippen molar-refractivity contribution in [1.29, 1.82) is 0 Å². The molecule has 13 heteroatoms. The van der Waals surface area contributed by atoms with Crippen LogP contribution in [-0.4, -0.2) is 55.4 Å². The molecule has 2 fully saturated rings. The lowest BCUT2D eigenvalue weighted by molar-refractivity contribution is -0.130. The molecule has 204 valence electrons. The van der Waals surface area contributed by atoms with Gasteiger partial charge < -0.3 is 24.1 Å². The molecule has 3 heterocycles. The van der Waals surface area contributed by atoms with Gasteiger partial charge in [-0.25, -0.2) is 13.2 Å². The number of oxazole rings is 1. The molecule has 2 aromatic rings. The standard InChI is InChI=1S/C24H27F6N3O4/c1-3-4-18(22(2,26)27)36-16-6-5-14(9-15(16)25)31-20(34)19-17(10-24(28,29)30)37-21(32-19)33-8-7-23(11-33)12-35-13-23/h5-6,9,18H,3-4,7-8,10-13H2,1-2H3,(H,31,34). The van der Waals surface area contributed by atoms with Gasteiger partial charge in [0.1, 0.15) is 12.2 Å². The molecule has 2 aliphatic heterocycles. The predicted molar refractivity (Wildman–Crippen MR) is 121 cm³/mol. The Labute approximate surface area is 209 Å². The van der Waals surface area contributed by atoms with E-state index in [1.165, 1.54) is 6.07 Å². The number of aromatic nitrogens is 1. The molecule has 1 atom stereocenters. The molecule has 0 bridgehead atoms. The van der Waals surface area contributed by atoms with Gasteiger partial charge in [-0.05, 0) is 25.0 Å². The number of rotatable bonds is 9. The van der Waals surface area contributed by atoms with E-state index in [2.05, 4.69) is 10.3 Å². The topological polar surface area (TPSA) is 76.8 Å².